The molecule has 1 unspecified atom stereocenters. The molecule has 0 aromatic carbocycles. The predicted octanol–water partition coefficient (Wildman–Crippen LogP) is 1.62. The van der Waals surface area contributed by atoms with Crippen LogP contribution in [0.25, 0.3) is 0 Å². The van der Waals surface area contributed by atoms with Gasteiger partial charge in [0.2, 0.25) is 0 Å². The zero-order valence-corrected chi connectivity index (χ0v) is 12.3. The fourth-order valence-corrected chi connectivity index (χ4v) is 3.96. The van der Waals surface area contributed by atoms with Crippen LogP contribution < -0.4 is 0 Å². The highest BCUT2D eigenvalue weighted by atomic mass is 127. The average Bonchev–Trinajstić information content (AvgIpc) is 2.64. The lowest BCUT2D eigenvalue weighted by molar-refractivity contribution is -0.164. The Morgan fingerprint density at radius 1 is 1.24 bits per heavy atom. The number of ether oxygens (including phenoxy) is 3. The van der Waals surface area contributed by atoms with E-state index >= 15 is 0 Å². The number of fused-ring (bicyclic) bond motifs is 4. The quantitative estimate of drug-likeness (QED) is 0.605. The predicted molar refractivity (Wildman–Crippen MR) is 70.2 cm³/mol. The van der Waals surface area contributed by atoms with Crippen molar-refractivity contribution in [3.8, 4) is 0 Å². The van der Waals surface area contributed by atoms with Gasteiger partial charge >= 0.3 is 0 Å². The van der Waals surface area contributed by atoms with Crippen molar-refractivity contribution in [2.24, 2.45) is 0 Å². The standard InChI is InChI=1S/C12H19IO4/c1-11(2)16-8-6-12(14)5-7(10(8)17-11)15-9(12)3-4-13/h7-10,14H,3-6H2,1-2H3/t7-,8-,9+,10?,12-/m1/s1. The maximum Gasteiger partial charge on any atom is 0.163 e. The van der Waals surface area contributed by atoms with Gasteiger partial charge in [-0.05, 0) is 20.3 Å². The van der Waals surface area contributed by atoms with Crippen molar-refractivity contribution in [2.45, 2.75) is 68.9 Å². The maximum atomic E-state index is 10.7. The van der Waals surface area contributed by atoms with Crippen molar-refractivity contribution in [3.05, 3.63) is 0 Å². The summed E-state index contributed by atoms with van der Waals surface area (Å²) in [6.45, 7) is 3.84. The van der Waals surface area contributed by atoms with Crippen molar-refractivity contribution in [1.82, 2.24) is 0 Å². The lowest BCUT2D eigenvalue weighted by Crippen LogP contribution is -2.48. The third kappa shape index (κ3) is 2.04. The molecule has 3 rings (SSSR count). The van der Waals surface area contributed by atoms with Crippen LogP contribution in [0.1, 0.15) is 33.1 Å². The van der Waals surface area contributed by atoms with E-state index in [4.69, 9.17) is 14.2 Å². The van der Waals surface area contributed by atoms with E-state index in [1.807, 2.05) is 13.8 Å². The van der Waals surface area contributed by atoms with Gasteiger partial charge in [-0.2, -0.15) is 0 Å². The van der Waals surface area contributed by atoms with Crippen LogP contribution in [-0.4, -0.2) is 45.3 Å². The molecule has 1 saturated carbocycles. The Hall–Kier alpha value is 0.570. The van der Waals surface area contributed by atoms with E-state index < -0.39 is 11.4 Å². The smallest absolute Gasteiger partial charge is 0.163 e. The molecule has 5 heteroatoms. The normalized spacial score (nSPS) is 51.5. The van der Waals surface area contributed by atoms with E-state index in [2.05, 4.69) is 22.6 Å². The van der Waals surface area contributed by atoms with Crippen molar-refractivity contribution in [2.75, 3.05) is 4.43 Å². The summed E-state index contributed by atoms with van der Waals surface area (Å²) < 4.78 is 18.7. The fraction of sp³-hybridized carbons (Fsp3) is 1.00. The second kappa shape index (κ2) is 4.03. The van der Waals surface area contributed by atoms with Crippen molar-refractivity contribution in [1.29, 1.82) is 0 Å². The second-order valence-corrected chi connectivity index (χ2v) is 6.87. The Morgan fingerprint density at radius 3 is 2.65 bits per heavy atom. The molecule has 2 heterocycles. The highest BCUT2D eigenvalue weighted by Gasteiger charge is 2.61. The molecule has 0 radical (unpaired) electrons. The van der Waals surface area contributed by atoms with Gasteiger partial charge in [-0.15, -0.1) is 0 Å². The molecule has 4 nitrogen and oxygen atoms in total. The van der Waals surface area contributed by atoms with E-state index in [1.54, 1.807) is 0 Å². The molecule has 2 aliphatic heterocycles. The topological polar surface area (TPSA) is 47.9 Å². The Morgan fingerprint density at radius 2 is 1.94 bits per heavy atom. The lowest BCUT2D eigenvalue weighted by atomic mass is 9.79. The summed E-state index contributed by atoms with van der Waals surface area (Å²) in [5, 5.41) is 10.7. The minimum absolute atomic E-state index is 0.00604. The zero-order chi connectivity index (χ0) is 12.3. The first kappa shape index (κ1) is 12.6. The fourth-order valence-electron chi connectivity index (χ4n) is 3.39. The van der Waals surface area contributed by atoms with Crippen LogP contribution in [0.3, 0.4) is 0 Å². The molecule has 17 heavy (non-hydrogen) atoms. The Labute approximate surface area is 115 Å². The monoisotopic (exact) mass is 354 g/mol. The molecule has 0 aromatic heterocycles. The molecular weight excluding hydrogens is 335 g/mol. The van der Waals surface area contributed by atoms with Crippen molar-refractivity contribution in [3.63, 3.8) is 0 Å². The van der Waals surface area contributed by atoms with Crippen LogP contribution in [-0.2, 0) is 14.2 Å². The molecule has 1 aliphatic carbocycles. The molecule has 2 bridgehead atoms. The second-order valence-electron chi connectivity index (χ2n) is 5.79. The summed E-state index contributed by atoms with van der Waals surface area (Å²) in [7, 11) is 0. The van der Waals surface area contributed by atoms with Crippen molar-refractivity contribution >= 4 is 22.6 Å². The van der Waals surface area contributed by atoms with Crippen LogP contribution >= 0.6 is 22.6 Å². The molecule has 98 valence electrons. The van der Waals surface area contributed by atoms with Crippen LogP contribution in [0.15, 0.2) is 0 Å². The molecular formula is C12H19IO4. The molecule has 0 aromatic rings. The summed E-state index contributed by atoms with van der Waals surface area (Å²) in [6, 6.07) is 0. The number of hydrogen-bond acceptors (Lipinski definition) is 4. The number of halogens is 1. The first-order chi connectivity index (χ1) is 7.93. The largest absolute Gasteiger partial charge is 0.387 e. The first-order valence-corrected chi connectivity index (χ1v) is 7.75. The van der Waals surface area contributed by atoms with Gasteiger partial charge in [0, 0.05) is 17.3 Å². The van der Waals surface area contributed by atoms with Gasteiger partial charge in [0.1, 0.15) is 6.10 Å². The molecule has 3 aliphatic rings. The van der Waals surface area contributed by atoms with Crippen LogP contribution in [0.4, 0.5) is 0 Å². The Balaban J connectivity index is 1.80. The first-order valence-electron chi connectivity index (χ1n) is 6.23. The molecule has 0 spiro atoms. The van der Waals surface area contributed by atoms with Gasteiger partial charge in [0.25, 0.3) is 0 Å². The number of alkyl halides is 1. The lowest BCUT2D eigenvalue weighted by Gasteiger charge is -2.34. The van der Waals surface area contributed by atoms with Gasteiger partial charge in [-0.25, -0.2) is 0 Å². The maximum absolute atomic E-state index is 10.7. The van der Waals surface area contributed by atoms with Gasteiger partial charge in [-0.3, -0.25) is 0 Å². The third-order valence-corrected chi connectivity index (χ3v) is 4.63. The average molecular weight is 354 g/mol. The van der Waals surface area contributed by atoms with Gasteiger partial charge < -0.3 is 19.3 Å². The molecule has 0 amide bonds. The van der Waals surface area contributed by atoms with E-state index in [1.165, 1.54) is 0 Å². The summed E-state index contributed by atoms with van der Waals surface area (Å²) in [6.07, 6.45) is 2.14. The van der Waals surface area contributed by atoms with Gasteiger partial charge in [-0.1, -0.05) is 22.6 Å². The minimum atomic E-state index is -0.708. The third-order valence-electron chi connectivity index (χ3n) is 4.01. The summed E-state index contributed by atoms with van der Waals surface area (Å²) >= 11 is 2.32. The van der Waals surface area contributed by atoms with Crippen LogP contribution in [0, 0.1) is 0 Å². The molecule has 5 atom stereocenters. The zero-order valence-electron chi connectivity index (χ0n) is 10.2. The summed E-state index contributed by atoms with van der Waals surface area (Å²) in [5.41, 5.74) is -0.708. The summed E-state index contributed by atoms with van der Waals surface area (Å²) in [5.74, 6) is -0.543. The minimum Gasteiger partial charge on any atom is -0.387 e. The highest BCUT2D eigenvalue weighted by Crippen LogP contribution is 2.49. The SMILES string of the molecule is CC1(C)OC2[C@H]3C[C@@](O)(C[C@H]2O1)[C@H](CCI)O3. The van der Waals surface area contributed by atoms with E-state index in [0.717, 1.165) is 10.8 Å². The van der Waals surface area contributed by atoms with Gasteiger partial charge in [0.05, 0.1) is 23.9 Å². The van der Waals surface area contributed by atoms with E-state index in [0.29, 0.717) is 12.8 Å². The number of rotatable bonds is 2. The van der Waals surface area contributed by atoms with Crippen molar-refractivity contribution < 1.29 is 19.3 Å². The summed E-state index contributed by atoms with van der Waals surface area (Å²) in [4.78, 5) is 0. The molecule has 3 fully saturated rings. The van der Waals surface area contributed by atoms with Crippen LogP contribution in [0.5, 0.6) is 0 Å². The van der Waals surface area contributed by atoms with E-state index in [9.17, 15) is 5.11 Å². The highest BCUT2D eigenvalue weighted by molar-refractivity contribution is 14.1. The Kier molecular flexibility index (Phi) is 2.99. The number of aliphatic hydroxyl groups is 1. The van der Waals surface area contributed by atoms with Gasteiger partial charge in [0.15, 0.2) is 5.79 Å². The molecule has 1 N–H and O–H groups in total. The molecule has 2 saturated heterocycles. The van der Waals surface area contributed by atoms with Crippen LogP contribution in [0.2, 0.25) is 0 Å². The Bertz CT molecular complexity index is 322. The number of hydrogen-bond donors (Lipinski definition) is 1. The van der Waals surface area contributed by atoms with E-state index in [-0.39, 0.29) is 24.4 Å².